The van der Waals surface area contributed by atoms with Crippen LogP contribution in [0.15, 0.2) is 30.3 Å². The molecule has 2 bridgehead atoms. The molecule has 0 radical (unpaired) electrons. The summed E-state index contributed by atoms with van der Waals surface area (Å²) in [7, 11) is 0. The standard InChI is InChI=1S/C16H20N2O2/c1-15(2)11-8-9-16(15,13(19)10-11)14(20)18-17-12-6-4-3-5-7-12/h3-7,11,17H,8-10H2,1-2H3,(H,18,20). The van der Waals surface area contributed by atoms with Gasteiger partial charge < -0.3 is 0 Å². The minimum atomic E-state index is -0.848. The maximum Gasteiger partial charge on any atom is 0.252 e. The number of carbonyl (C=O) groups excluding carboxylic acids is 2. The number of hydrazine groups is 1. The number of benzene rings is 1. The summed E-state index contributed by atoms with van der Waals surface area (Å²) >= 11 is 0. The van der Waals surface area contributed by atoms with E-state index in [0.29, 0.717) is 18.8 Å². The van der Waals surface area contributed by atoms with E-state index in [4.69, 9.17) is 0 Å². The Kier molecular flexibility index (Phi) is 2.85. The molecule has 4 nitrogen and oxygen atoms in total. The molecule has 3 rings (SSSR count). The SMILES string of the molecule is CC1(C)C2CCC1(C(=O)NNc1ccccc1)C(=O)C2. The van der Waals surface area contributed by atoms with Gasteiger partial charge >= 0.3 is 0 Å². The highest BCUT2D eigenvalue weighted by molar-refractivity contribution is 6.09. The van der Waals surface area contributed by atoms with Crippen molar-refractivity contribution in [3.63, 3.8) is 0 Å². The number of carbonyl (C=O) groups is 2. The molecule has 1 aromatic rings. The van der Waals surface area contributed by atoms with Crippen LogP contribution in [0, 0.1) is 16.7 Å². The van der Waals surface area contributed by atoms with Crippen molar-refractivity contribution in [1.29, 1.82) is 0 Å². The van der Waals surface area contributed by atoms with Crippen molar-refractivity contribution in [2.75, 3.05) is 5.43 Å². The molecule has 1 amide bonds. The monoisotopic (exact) mass is 272 g/mol. The number of hydrogen-bond donors (Lipinski definition) is 2. The number of fused-ring (bicyclic) bond motifs is 2. The first kappa shape index (κ1) is 13.2. The zero-order valence-corrected chi connectivity index (χ0v) is 11.9. The second-order valence-corrected chi connectivity index (χ2v) is 6.44. The summed E-state index contributed by atoms with van der Waals surface area (Å²) < 4.78 is 0. The Balaban J connectivity index is 1.78. The lowest BCUT2D eigenvalue weighted by Gasteiger charge is -2.34. The van der Waals surface area contributed by atoms with Crippen LogP contribution in [0.3, 0.4) is 0 Å². The average molecular weight is 272 g/mol. The quantitative estimate of drug-likeness (QED) is 0.656. The zero-order valence-electron chi connectivity index (χ0n) is 11.9. The molecule has 2 aliphatic rings. The third-order valence-corrected chi connectivity index (χ3v) is 5.38. The van der Waals surface area contributed by atoms with Gasteiger partial charge in [0.05, 0.1) is 5.69 Å². The topological polar surface area (TPSA) is 58.2 Å². The number of amides is 1. The van der Waals surface area contributed by atoms with Gasteiger partial charge in [0.25, 0.3) is 5.91 Å². The average Bonchev–Trinajstić information content (AvgIpc) is 2.81. The summed E-state index contributed by atoms with van der Waals surface area (Å²) in [6.45, 7) is 4.11. The van der Waals surface area contributed by atoms with E-state index in [2.05, 4.69) is 24.7 Å². The van der Waals surface area contributed by atoms with Crippen molar-refractivity contribution in [3.8, 4) is 0 Å². The van der Waals surface area contributed by atoms with Crippen LogP contribution in [0.2, 0.25) is 0 Å². The highest BCUT2D eigenvalue weighted by atomic mass is 16.2. The molecule has 20 heavy (non-hydrogen) atoms. The van der Waals surface area contributed by atoms with E-state index in [1.807, 2.05) is 30.3 Å². The number of anilines is 1. The number of nitrogens with one attached hydrogen (secondary N) is 2. The molecule has 0 spiro atoms. The maximum atomic E-state index is 12.6. The van der Waals surface area contributed by atoms with Crippen molar-refractivity contribution >= 4 is 17.4 Å². The molecule has 0 aromatic heterocycles. The third-order valence-electron chi connectivity index (χ3n) is 5.38. The van der Waals surface area contributed by atoms with Crippen molar-refractivity contribution in [1.82, 2.24) is 5.43 Å². The first-order valence-electron chi connectivity index (χ1n) is 7.13. The summed E-state index contributed by atoms with van der Waals surface area (Å²) in [5, 5.41) is 0. The van der Waals surface area contributed by atoms with E-state index in [0.717, 1.165) is 12.1 Å². The summed E-state index contributed by atoms with van der Waals surface area (Å²) in [5.41, 5.74) is 5.36. The van der Waals surface area contributed by atoms with Crippen LogP contribution in [0.4, 0.5) is 5.69 Å². The molecule has 2 atom stereocenters. The molecule has 2 fully saturated rings. The summed E-state index contributed by atoms with van der Waals surface area (Å²) in [5.74, 6) is 0.264. The second-order valence-electron chi connectivity index (χ2n) is 6.44. The zero-order chi connectivity index (χ0) is 14.4. The maximum absolute atomic E-state index is 12.6. The highest BCUT2D eigenvalue weighted by Gasteiger charge is 2.68. The van der Waals surface area contributed by atoms with Crippen LogP contribution < -0.4 is 10.9 Å². The number of hydrogen-bond acceptors (Lipinski definition) is 3. The van der Waals surface area contributed by atoms with E-state index in [9.17, 15) is 9.59 Å². The molecule has 0 aliphatic heterocycles. The van der Waals surface area contributed by atoms with Gasteiger partial charge in [-0.3, -0.25) is 20.4 Å². The molecule has 2 saturated carbocycles. The van der Waals surface area contributed by atoms with Gasteiger partial charge in [-0.25, -0.2) is 0 Å². The van der Waals surface area contributed by atoms with E-state index in [1.54, 1.807) is 0 Å². The van der Waals surface area contributed by atoms with E-state index in [1.165, 1.54) is 0 Å². The summed E-state index contributed by atoms with van der Waals surface area (Å²) in [6, 6.07) is 9.44. The van der Waals surface area contributed by atoms with E-state index >= 15 is 0 Å². The Bertz CT molecular complexity index is 553. The molecule has 106 valence electrons. The second kappa shape index (κ2) is 4.33. The van der Waals surface area contributed by atoms with Crippen molar-refractivity contribution in [2.24, 2.45) is 16.7 Å². The minimum Gasteiger partial charge on any atom is -0.299 e. The molecule has 0 heterocycles. The van der Waals surface area contributed by atoms with Crippen LogP contribution in [0.25, 0.3) is 0 Å². The highest BCUT2D eigenvalue weighted by Crippen LogP contribution is 2.63. The number of para-hydroxylation sites is 1. The fraction of sp³-hybridized carbons (Fsp3) is 0.500. The fourth-order valence-electron chi connectivity index (χ4n) is 3.97. The van der Waals surface area contributed by atoms with Gasteiger partial charge in [0.2, 0.25) is 0 Å². The fourth-order valence-corrected chi connectivity index (χ4v) is 3.97. The van der Waals surface area contributed by atoms with E-state index < -0.39 is 5.41 Å². The van der Waals surface area contributed by atoms with Crippen LogP contribution in [0.1, 0.15) is 33.1 Å². The first-order valence-corrected chi connectivity index (χ1v) is 7.13. The molecule has 1 aromatic carbocycles. The van der Waals surface area contributed by atoms with Crippen LogP contribution >= 0.6 is 0 Å². The van der Waals surface area contributed by atoms with Gasteiger partial charge in [-0.15, -0.1) is 0 Å². The predicted molar refractivity (Wildman–Crippen MR) is 76.8 cm³/mol. The summed E-state index contributed by atoms with van der Waals surface area (Å²) in [4.78, 5) is 25.0. The molecule has 2 unspecified atom stereocenters. The van der Waals surface area contributed by atoms with Crippen molar-refractivity contribution in [3.05, 3.63) is 30.3 Å². The molecule has 2 aliphatic carbocycles. The molecule has 0 saturated heterocycles. The molecular formula is C16H20N2O2. The van der Waals surface area contributed by atoms with Gasteiger partial charge in [0.15, 0.2) is 0 Å². The van der Waals surface area contributed by atoms with Crippen LogP contribution in [0.5, 0.6) is 0 Å². The van der Waals surface area contributed by atoms with Gasteiger partial charge in [-0.1, -0.05) is 32.0 Å². The number of rotatable bonds is 3. The number of ketones is 1. The Morgan fingerprint density at radius 2 is 1.95 bits per heavy atom. The lowest BCUT2D eigenvalue weighted by atomic mass is 9.68. The summed E-state index contributed by atoms with van der Waals surface area (Å²) in [6.07, 6.45) is 2.19. The Morgan fingerprint density at radius 3 is 2.50 bits per heavy atom. The molecule has 2 N–H and O–H groups in total. The van der Waals surface area contributed by atoms with E-state index in [-0.39, 0.29) is 17.1 Å². The van der Waals surface area contributed by atoms with Crippen molar-refractivity contribution in [2.45, 2.75) is 33.1 Å². The van der Waals surface area contributed by atoms with Crippen molar-refractivity contribution < 1.29 is 9.59 Å². The minimum absolute atomic E-state index is 0.103. The van der Waals surface area contributed by atoms with Gasteiger partial charge in [-0.05, 0) is 36.3 Å². The Labute approximate surface area is 118 Å². The van der Waals surface area contributed by atoms with Crippen LogP contribution in [-0.2, 0) is 9.59 Å². The lowest BCUT2D eigenvalue weighted by Crippen LogP contribution is -2.51. The van der Waals surface area contributed by atoms with Gasteiger partial charge in [0.1, 0.15) is 11.2 Å². The Morgan fingerprint density at radius 1 is 1.25 bits per heavy atom. The predicted octanol–water partition coefficient (Wildman–Crippen LogP) is 2.53. The Hall–Kier alpha value is -1.84. The normalized spacial score (nSPS) is 30.3. The smallest absolute Gasteiger partial charge is 0.252 e. The van der Waals surface area contributed by atoms with Gasteiger partial charge in [0, 0.05) is 6.42 Å². The van der Waals surface area contributed by atoms with Crippen LogP contribution in [-0.4, -0.2) is 11.7 Å². The molecule has 4 heteroatoms. The lowest BCUT2D eigenvalue weighted by molar-refractivity contribution is -0.144. The number of Topliss-reactive ketones (excluding diaryl/α,β-unsaturated/α-hetero) is 1. The third kappa shape index (κ3) is 1.60. The first-order chi connectivity index (χ1) is 9.48. The van der Waals surface area contributed by atoms with Gasteiger partial charge in [-0.2, -0.15) is 0 Å². The molecular weight excluding hydrogens is 252 g/mol. The largest absolute Gasteiger partial charge is 0.299 e.